The van der Waals surface area contributed by atoms with E-state index in [2.05, 4.69) is 37.9 Å². The minimum absolute atomic E-state index is 0.00247. The summed E-state index contributed by atoms with van der Waals surface area (Å²) in [5.74, 6) is 1.28. The molecule has 2 aromatic rings. The van der Waals surface area contributed by atoms with Gasteiger partial charge in [-0.15, -0.1) is 0 Å². The molecule has 0 fully saturated rings. The fraction of sp³-hybridized carbons (Fsp3) is 0.353. The number of nitrogens with two attached hydrogens (primary N) is 1. The number of hydrogen-bond donors (Lipinski definition) is 1. The highest BCUT2D eigenvalue weighted by molar-refractivity contribution is 5.52. The van der Waals surface area contributed by atoms with Crippen LogP contribution in [0, 0.1) is 13.8 Å². The van der Waals surface area contributed by atoms with Crippen molar-refractivity contribution >= 4 is 5.69 Å². The van der Waals surface area contributed by atoms with Crippen LogP contribution in [0.25, 0.3) is 0 Å². The Balaban J connectivity index is 2.45. The molecule has 2 N–H and O–H groups in total. The molecule has 2 rings (SSSR count). The maximum absolute atomic E-state index is 5.98. The van der Waals surface area contributed by atoms with Gasteiger partial charge in [0.25, 0.3) is 0 Å². The second-order valence-electron chi connectivity index (χ2n) is 6.26. The van der Waals surface area contributed by atoms with Gasteiger partial charge in [-0.05, 0) is 42.5 Å². The van der Waals surface area contributed by atoms with Crippen LogP contribution in [-0.2, 0) is 5.41 Å². The Hall–Kier alpha value is -2.03. The molecule has 0 saturated heterocycles. The second kappa shape index (κ2) is 5.16. The number of rotatable bonds is 2. The standard InChI is InChI=1S/C17H22N2O/c1-11-6-7-13(17(3,4)5)15(9-11)20-16-14(18)8-12(2)10-19-16/h6-10H,18H2,1-5H3. The van der Waals surface area contributed by atoms with E-state index in [1.165, 1.54) is 0 Å². The minimum atomic E-state index is 0.00247. The topological polar surface area (TPSA) is 48.1 Å². The lowest BCUT2D eigenvalue weighted by Gasteiger charge is -2.23. The number of hydrogen-bond acceptors (Lipinski definition) is 3. The first-order chi connectivity index (χ1) is 9.27. The van der Waals surface area contributed by atoms with Gasteiger partial charge in [0, 0.05) is 11.8 Å². The molecule has 3 heteroatoms. The molecule has 0 saturated carbocycles. The molecule has 0 radical (unpaired) electrons. The summed E-state index contributed by atoms with van der Waals surface area (Å²) in [4.78, 5) is 4.28. The normalized spacial score (nSPS) is 11.4. The number of nitrogen functional groups attached to an aromatic ring is 1. The van der Waals surface area contributed by atoms with Crippen LogP contribution in [0.1, 0.15) is 37.5 Å². The summed E-state index contributed by atoms with van der Waals surface area (Å²) in [6.07, 6.45) is 1.76. The third-order valence-electron chi connectivity index (χ3n) is 3.17. The number of benzene rings is 1. The van der Waals surface area contributed by atoms with Crippen molar-refractivity contribution in [2.45, 2.75) is 40.0 Å². The predicted octanol–water partition coefficient (Wildman–Crippen LogP) is 4.37. The van der Waals surface area contributed by atoms with E-state index in [4.69, 9.17) is 10.5 Å². The van der Waals surface area contributed by atoms with Gasteiger partial charge in [0.05, 0.1) is 5.69 Å². The van der Waals surface area contributed by atoms with Crippen LogP contribution in [0.15, 0.2) is 30.5 Å². The van der Waals surface area contributed by atoms with Gasteiger partial charge >= 0.3 is 0 Å². The Morgan fingerprint density at radius 1 is 1.05 bits per heavy atom. The first-order valence-electron chi connectivity index (χ1n) is 6.78. The summed E-state index contributed by atoms with van der Waals surface area (Å²) in [5.41, 5.74) is 9.86. The Kier molecular flexibility index (Phi) is 3.71. The first kappa shape index (κ1) is 14.4. The van der Waals surface area contributed by atoms with Gasteiger partial charge in [-0.1, -0.05) is 32.9 Å². The van der Waals surface area contributed by atoms with Crippen molar-refractivity contribution in [3.63, 3.8) is 0 Å². The monoisotopic (exact) mass is 270 g/mol. The lowest BCUT2D eigenvalue weighted by atomic mass is 9.86. The minimum Gasteiger partial charge on any atom is -0.437 e. The molecule has 0 aliphatic heterocycles. The zero-order chi connectivity index (χ0) is 14.9. The highest BCUT2D eigenvalue weighted by Crippen LogP contribution is 2.35. The number of anilines is 1. The molecule has 0 bridgehead atoms. The van der Waals surface area contributed by atoms with Gasteiger partial charge in [-0.25, -0.2) is 4.98 Å². The molecule has 0 atom stereocenters. The van der Waals surface area contributed by atoms with Crippen molar-refractivity contribution in [2.24, 2.45) is 0 Å². The molecule has 0 aliphatic rings. The van der Waals surface area contributed by atoms with Crippen LogP contribution in [0.4, 0.5) is 5.69 Å². The van der Waals surface area contributed by atoms with Crippen LogP contribution in [0.2, 0.25) is 0 Å². The average Bonchev–Trinajstić information content (AvgIpc) is 2.31. The van der Waals surface area contributed by atoms with E-state index in [1.807, 2.05) is 26.0 Å². The Labute approximate surface area is 120 Å². The zero-order valence-electron chi connectivity index (χ0n) is 12.8. The van der Waals surface area contributed by atoms with E-state index in [0.29, 0.717) is 11.6 Å². The molecular weight excluding hydrogens is 248 g/mol. The van der Waals surface area contributed by atoms with Crippen LogP contribution in [0.5, 0.6) is 11.6 Å². The van der Waals surface area contributed by atoms with Gasteiger partial charge < -0.3 is 10.5 Å². The van der Waals surface area contributed by atoms with Crippen LogP contribution < -0.4 is 10.5 Å². The molecule has 1 aromatic heterocycles. The summed E-state index contributed by atoms with van der Waals surface area (Å²) < 4.78 is 5.97. The zero-order valence-corrected chi connectivity index (χ0v) is 12.8. The molecule has 0 unspecified atom stereocenters. The van der Waals surface area contributed by atoms with Crippen LogP contribution >= 0.6 is 0 Å². The average molecular weight is 270 g/mol. The van der Waals surface area contributed by atoms with Crippen molar-refractivity contribution < 1.29 is 4.74 Å². The number of nitrogens with zero attached hydrogens (tertiary/aromatic N) is 1. The Bertz CT molecular complexity index is 627. The van der Waals surface area contributed by atoms with Gasteiger partial charge in [0.1, 0.15) is 5.75 Å². The molecule has 0 spiro atoms. The predicted molar refractivity (Wildman–Crippen MR) is 83.3 cm³/mol. The number of aryl methyl sites for hydroxylation is 2. The molecule has 3 nitrogen and oxygen atoms in total. The highest BCUT2D eigenvalue weighted by Gasteiger charge is 2.20. The van der Waals surface area contributed by atoms with Crippen LogP contribution in [-0.4, -0.2) is 4.98 Å². The number of pyridine rings is 1. The Morgan fingerprint density at radius 2 is 1.75 bits per heavy atom. The molecule has 20 heavy (non-hydrogen) atoms. The fourth-order valence-electron chi connectivity index (χ4n) is 2.10. The van der Waals surface area contributed by atoms with Crippen LogP contribution in [0.3, 0.4) is 0 Å². The van der Waals surface area contributed by atoms with Gasteiger partial charge in [0.2, 0.25) is 5.88 Å². The van der Waals surface area contributed by atoms with E-state index >= 15 is 0 Å². The van der Waals surface area contributed by atoms with E-state index in [9.17, 15) is 0 Å². The highest BCUT2D eigenvalue weighted by atomic mass is 16.5. The summed E-state index contributed by atoms with van der Waals surface area (Å²) >= 11 is 0. The smallest absolute Gasteiger partial charge is 0.242 e. The first-order valence-corrected chi connectivity index (χ1v) is 6.78. The molecule has 0 aliphatic carbocycles. The molecule has 1 aromatic carbocycles. The van der Waals surface area contributed by atoms with Gasteiger partial charge in [-0.3, -0.25) is 0 Å². The van der Waals surface area contributed by atoms with Crippen molar-refractivity contribution in [3.05, 3.63) is 47.2 Å². The maximum atomic E-state index is 5.98. The van der Waals surface area contributed by atoms with Crippen molar-refractivity contribution in [2.75, 3.05) is 5.73 Å². The maximum Gasteiger partial charge on any atom is 0.242 e. The molecule has 106 valence electrons. The fourth-order valence-corrected chi connectivity index (χ4v) is 2.10. The number of aromatic nitrogens is 1. The van der Waals surface area contributed by atoms with Gasteiger partial charge in [0.15, 0.2) is 0 Å². The second-order valence-corrected chi connectivity index (χ2v) is 6.26. The van der Waals surface area contributed by atoms with Crippen molar-refractivity contribution in [1.82, 2.24) is 4.98 Å². The SMILES string of the molecule is Cc1cnc(Oc2cc(C)ccc2C(C)(C)C)c(N)c1. The lowest BCUT2D eigenvalue weighted by Crippen LogP contribution is -2.13. The molecular formula is C17H22N2O. The number of ether oxygens (including phenoxy) is 1. The van der Waals surface area contributed by atoms with E-state index in [-0.39, 0.29) is 5.41 Å². The van der Waals surface area contributed by atoms with E-state index in [1.54, 1.807) is 6.20 Å². The van der Waals surface area contributed by atoms with E-state index < -0.39 is 0 Å². The quantitative estimate of drug-likeness (QED) is 0.881. The van der Waals surface area contributed by atoms with Gasteiger partial charge in [-0.2, -0.15) is 0 Å². The summed E-state index contributed by atoms with van der Waals surface area (Å²) in [7, 11) is 0. The largest absolute Gasteiger partial charge is 0.437 e. The summed E-state index contributed by atoms with van der Waals surface area (Å²) in [6.45, 7) is 10.5. The summed E-state index contributed by atoms with van der Waals surface area (Å²) in [6, 6.07) is 8.10. The lowest BCUT2D eigenvalue weighted by molar-refractivity contribution is 0.441. The third kappa shape index (κ3) is 3.10. The van der Waals surface area contributed by atoms with Crippen molar-refractivity contribution in [3.8, 4) is 11.6 Å². The summed E-state index contributed by atoms with van der Waals surface area (Å²) in [5, 5.41) is 0. The van der Waals surface area contributed by atoms with Crippen molar-refractivity contribution in [1.29, 1.82) is 0 Å². The molecule has 1 heterocycles. The Morgan fingerprint density at radius 3 is 2.35 bits per heavy atom. The van der Waals surface area contributed by atoms with E-state index in [0.717, 1.165) is 22.4 Å². The molecule has 0 amide bonds. The third-order valence-corrected chi connectivity index (χ3v) is 3.17.